The summed E-state index contributed by atoms with van der Waals surface area (Å²) < 4.78 is 1.59. The quantitative estimate of drug-likeness (QED) is 0.802. The molecule has 0 aliphatic carbocycles. The van der Waals surface area contributed by atoms with Crippen molar-refractivity contribution in [3.63, 3.8) is 0 Å². The highest BCUT2D eigenvalue weighted by Gasteiger charge is 2.17. The van der Waals surface area contributed by atoms with Crippen molar-refractivity contribution < 1.29 is 4.79 Å². The lowest BCUT2D eigenvalue weighted by atomic mass is 10.0. The number of aryl methyl sites for hydroxylation is 2. The van der Waals surface area contributed by atoms with Crippen LogP contribution in [0.1, 0.15) is 27.2 Å². The molecule has 118 valence electrons. The number of hydrogen-bond donors (Lipinski definition) is 1. The largest absolute Gasteiger partial charge is 0.366 e. The van der Waals surface area contributed by atoms with Gasteiger partial charge in [0.05, 0.1) is 5.69 Å². The summed E-state index contributed by atoms with van der Waals surface area (Å²) in [5.41, 5.74) is 10.4. The molecule has 2 aromatic carbocycles. The van der Waals surface area contributed by atoms with Gasteiger partial charge in [-0.05, 0) is 55.3 Å². The van der Waals surface area contributed by atoms with Crippen LogP contribution >= 0.6 is 0 Å². The van der Waals surface area contributed by atoms with Gasteiger partial charge in [0, 0.05) is 11.1 Å². The van der Waals surface area contributed by atoms with Crippen LogP contribution in [0.25, 0.3) is 16.9 Å². The molecule has 0 aliphatic rings. The second-order valence-corrected chi connectivity index (χ2v) is 5.52. The summed E-state index contributed by atoms with van der Waals surface area (Å²) >= 11 is 0. The van der Waals surface area contributed by atoms with Crippen molar-refractivity contribution in [2.24, 2.45) is 5.73 Å². The second-order valence-electron chi connectivity index (χ2n) is 5.52. The first kappa shape index (κ1) is 15.4. The molecule has 6 heteroatoms. The second kappa shape index (κ2) is 5.97. The summed E-state index contributed by atoms with van der Waals surface area (Å²) in [6.45, 7) is 4.04. The van der Waals surface area contributed by atoms with Crippen LogP contribution in [0.2, 0.25) is 0 Å². The van der Waals surface area contributed by atoms with E-state index in [-0.39, 0.29) is 5.69 Å². The molecule has 0 saturated heterocycles. The fourth-order valence-electron chi connectivity index (χ4n) is 2.45. The molecule has 6 nitrogen and oxygen atoms in total. The molecule has 0 unspecified atom stereocenters. The Kier molecular flexibility index (Phi) is 3.84. The lowest BCUT2D eigenvalue weighted by molar-refractivity contribution is 0.100. The Morgan fingerprint density at radius 3 is 2.42 bits per heavy atom. The van der Waals surface area contributed by atoms with Gasteiger partial charge in [0.2, 0.25) is 5.91 Å². The van der Waals surface area contributed by atoms with Crippen LogP contribution in [-0.4, -0.2) is 20.9 Å². The van der Waals surface area contributed by atoms with Crippen LogP contribution in [-0.2, 0) is 0 Å². The molecule has 2 N–H and O–H groups in total. The van der Waals surface area contributed by atoms with Gasteiger partial charge in [-0.25, -0.2) is 4.68 Å². The Labute approximate surface area is 139 Å². The molecule has 0 spiro atoms. The van der Waals surface area contributed by atoms with Gasteiger partial charge in [-0.3, -0.25) is 4.79 Å². The van der Waals surface area contributed by atoms with E-state index in [1.165, 1.54) is 5.56 Å². The van der Waals surface area contributed by atoms with E-state index in [0.29, 0.717) is 16.9 Å². The predicted octanol–water partition coefficient (Wildman–Crippen LogP) is 2.52. The average Bonchev–Trinajstić information content (AvgIpc) is 3.01. The zero-order valence-corrected chi connectivity index (χ0v) is 13.3. The van der Waals surface area contributed by atoms with Crippen molar-refractivity contribution >= 4 is 5.91 Å². The Hall–Kier alpha value is -3.46. The molecule has 0 radical (unpaired) electrons. The molecular weight excluding hydrogens is 302 g/mol. The Balaban J connectivity index is 2.16. The molecule has 0 saturated carbocycles. The Morgan fingerprint density at radius 2 is 1.83 bits per heavy atom. The summed E-state index contributed by atoms with van der Waals surface area (Å²) in [6, 6.07) is 14.7. The third kappa shape index (κ3) is 2.63. The number of rotatable bonds is 3. The van der Waals surface area contributed by atoms with E-state index < -0.39 is 5.91 Å². The molecule has 0 fully saturated rings. The number of primary amides is 1. The minimum Gasteiger partial charge on any atom is -0.366 e. The molecule has 1 aromatic heterocycles. The highest BCUT2D eigenvalue weighted by molar-refractivity contribution is 5.92. The van der Waals surface area contributed by atoms with E-state index in [4.69, 9.17) is 5.73 Å². The standard InChI is InChI=1S/C18H15N5O/c1-11-3-4-14(9-12(11)2)17-16(10-19)21-22-23(17)15-7-5-13(6-8-15)18(20)24/h3-9H,1-2H3,(H2,20,24). The van der Waals surface area contributed by atoms with Gasteiger partial charge in [0.15, 0.2) is 5.69 Å². The number of aromatic nitrogens is 3. The van der Waals surface area contributed by atoms with Crippen LogP contribution in [0.5, 0.6) is 0 Å². The molecular formula is C18H15N5O. The van der Waals surface area contributed by atoms with Crippen molar-refractivity contribution in [2.75, 3.05) is 0 Å². The predicted molar refractivity (Wildman–Crippen MR) is 89.5 cm³/mol. The Bertz CT molecular complexity index is 964. The molecule has 0 atom stereocenters. The third-order valence-corrected chi connectivity index (χ3v) is 3.95. The normalized spacial score (nSPS) is 10.4. The number of nitrogens with two attached hydrogens (primary N) is 1. The number of carbonyl (C=O) groups is 1. The first-order chi connectivity index (χ1) is 11.5. The maximum Gasteiger partial charge on any atom is 0.248 e. The number of nitriles is 1. The highest BCUT2D eigenvalue weighted by atomic mass is 16.1. The number of benzene rings is 2. The smallest absolute Gasteiger partial charge is 0.248 e. The minimum atomic E-state index is -0.493. The zero-order chi connectivity index (χ0) is 17.3. The summed E-state index contributed by atoms with van der Waals surface area (Å²) in [4.78, 5) is 11.2. The van der Waals surface area contributed by atoms with Gasteiger partial charge in [-0.1, -0.05) is 17.3 Å². The van der Waals surface area contributed by atoms with Gasteiger partial charge >= 0.3 is 0 Å². The maximum atomic E-state index is 11.2. The molecule has 1 heterocycles. The first-order valence-electron chi connectivity index (χ1n) is 7.35. The number of carbonyl (C=O) groups excluding carboxylic acids is 1. The van der Waals surface area contributed by atoms with Gasteiger partial charge < -0.3 is 5.73 Å². The summed E-state index contributed by atoms with van der Waals surface area (Å²) in [6.07, 6.45) is 0. The van der Waals surface area contributed by atoms with Gasteiger partial charge in [-0.15, -0.1) is 5.10 Å². The molecule has 24 heavy (non-hydrogen) atoms. The molecule has 0 bridgehead atoms. The van der Waals surface area contributed by atoms with E-state index >= 15 is 0 Å². The topological polar surface area (TPSA) is 97.6 Å². The van der Waals surface area contributed by atoms with Crippen LogP contribution in [0.15, 0.2) is 42.5 Å². The minimum absolute atomic E-state index is 0.247. The third-order valence-electron chi connectivity index (χ3n) is 3.95. The number of hydrogen-bond acceptors (Lipinski definition) is 4. The number of nitrogens with zero attached hydrogens (tertiary/aromatic N) is 4. The summed E-state index contributed by atoms with van der Waals surface area (Å²) in [7, 11) is 0. The van der Waals surface area contributed by atoms with Gasteiger partial charge in [0.1, 0.15) is 11.8 Å². The summed E-state index contributed by atoms with van der Waals surface area (Å²) in [5, 5.41) is 17.4. The van der Waals surface area contributed by atoms with E-state index in [0.717, 1.165) is 11.1 Å². The lowest BCUT2D eigenvalue weighted by Gasteiger charge is -2.09. The van der Waals surface area contributed by atoms with E-state index in [1.54, 1.807) is 28.9 Å². The van der Waals surface area contributed by atoms with E-state index in [2.05, 4.69) is 16.4 Å². The summed E-state index contributed by atoms with van der Waals surface area (Å²) in [5.74, 6) is -0.493. The van der Waals surface area contributed by atoms with Crippen LogP contribution in [0.3, 0.4) is 0 Å². The van der Waals surface area contributed by atoms with Gasteiger partial charge in [0.25, 0.3) is 0 Å². The van der Waals surface area contributed by atoms with Crippen LogP contribution < -0.4 is 5.73 Å². The monoisotopic (exact) mass is 317 g/mol. The van der Waals surface area contributed by atoms with Crippen LogP contribution in [0.4, 0.5) is 0 Å². The van der Waals surface area contributed by atoms with Gasteiger partial charge in [-0.2, -0.15) is 5.26 Å². The average molecular weight is 317 g/mol. The maximum absolute atomic E-state index is 11.2. The fourth-order valence-corrected chi connectivity index (χ4v) is 2.45. The Morgan fingerprint density at radius 1 is 1.12 bits per heavy atom. The first-order valence-corrected chi connectivity index (χ1v) is 7.35. The molecule has 0 aliphatic heterocycles. The van der Waals surface area contributed by atoms with E-state index in [1.807, 2.05) is 32.0 Å². The number of amides is 1. The molecule has 3 aromatic rings. The van der Waals surface area contributed by atoms with Crippen molar-refractivity contribution in [1.82, 2.24) is 15.0 Å². The van der Waals surface area contributed by atoms with Crippen molar-refractivity contribution in [2.45, 2.75) is 13.8 Å². The molecule has 3 rings (SSSR count). The zero-order valence-electron chi connectivity index (χ0n) is 13.3. The van der Waals surface area contributed by atoms with Crippen molar-refractivity contribution in [3.05, 3.63) is 64.8 Å². The fraction of sp³-hybridized carbons (Fsp3) is 0.111. The SMILES string of the molecule is Cc1ccc(-c2c(C#N)nnn2-c2ccc(C(N)=O)cc2)cc1C. The van der Waals surface area contributed by atoms with E-state index in [9.17, 15) is 10.1 Å². The van der Waals surface area contributed by atoms with Crippen molar-refractivity contribution in [1.29, 1.82) is 5.26 Å². The molecule has 1 amide bonds. The van der Waals surface area contributed by atoms with Crippen LogP contribution in [0, 0.1) is 25.2 Å². The lowest BCUT2D eigenvalue weighted by Crippen LogP contribution is -2.11. The van der Waals surface area contributed by atoms with Crippen molar-refractivity contribution in [3.8, 4) is 23.0 Å². The highest BCUT2D eigenvalue weighted by Crippen LogP contribution is 2.26.